The van der Waals surface area contributed by atoms with Gasteiger partial charge in [-0.25, -0.2) is 0 Å². The van der Waals surface area contributed by atoms with Gasteiger partial charge in [-0.05, 0) is 41.4 Å². The average Bonchev–Trinajstić information content (AvgIpc) is 2.59. The van der Waals surface area contributed by atoms with Crippen molar-refractivity contribution >= 4 is 5.78 Å². The summed E-state index contributed by atoms with van der Waals surface area (Å²) in [7, 11) is 0. The first-order valence-electron chi connectivity index (χ1n) is 6.98. The summed E-state index contributed by atoms with van der Waals surface area (Å²) < 4.78 is 0. The number of hydrogen-bond acceptors (Lipinski definition) is 2. The molecule has 96 valence electrons. The lowest BCUT2D eigenvalue weighted by molar-refractivity contribution is -0.131. The standard InChI is InChI=1S/C15H24O2/c1-8-11(16)5-9-6-15(8,4)12-10(9)7-14(2,3)13(12)17/h8-10,12-13,17H,5-7H2,1-4H3/t8?,9?,10-,12+,13-,15-/m0/s1. The molecule has 0 aliphatic heterocycles. The summed E-state index contributed by atoms with van der Waals surface area (Å²) in [5.74, 6) is 2.05. The highest BCUT2D eigenvalue weighted by Gasteiger charge is 2.65. The fourth-order valence-electron chi connectivity index (χ4n) is 5.23. The zero-order valence-electron chi connectivity index (χ0n) is 11.4. The maximum atomic E-state index is 12.1. The number of Topliss-reactive ketones (excluding diaryl/α,β-unsaturated/α-hetero) is 1. The predicted octanol–water partition coefficient (Wildman–Crippen LogP) is 2.64. The smallest absolute Gasteiger partial charge is 0.136 e. The van der Waals surface area contributed by atoms with E-state index in [1.54, 1.807) is 0 Å². The quantitative estimate of drug-likeness (QED) is 0.702. The van der Waals surface area contributed by atoms with Gasteiger partial charge in [-0.3, -0.25) is 4.79 Å². The Hall–Kier alpha value is -0.370. The zero-order chi connectivity index (χ0) is 12.6. The lowest BCUT2D eigenvalue weighted by atomic mass is 9.63. The summed E-state index contributed by atoms with van der Waals surface area (Å²) in [4.78, 5) is 12.1. The fourth-order valence-corrected chi connectivity index (χ4v) is 5.23. The zero-order valence-corrected chi connectivity index (χ0v) is 11.4. The van der Waals surface area contributed by atoms with E-state index >= 15 is 0 Å². The van der Waals surface area contributed by atoms with Gasteiger partial charge in [-0.1, -0.05) is 27.7 Å². The third kappa shape index (κ3) is 1.28. The number of ketones is 1. The van der Waals surface area contributed by atoms with Gasteiger partial charge in [0.05, 0.1) is 6.10 Å². The van der Waals surface area contributed by atoms with Crippen molar-refractivity contribution in [3.8, 4) is 0 Å². The molecule has 0 aromatic heterocycles. The van der Waals surface area contributed by atoms with Crippen molar-refractivity contribution in [3.63, 3.8) is 0 Å². The van der Waals surface area contributed by atoms with E-state index < -0.39 is 0 Å². The van der Waals surface area contributed by atoms with E-state index in [9.17, 15) is 9.90 Å². The van der Waals surface area contributed by atoms with Gasteiger partial charge in [-0.15, -0.1) is 0 Å². The summed E-state index contributed by atoms with van der Waals surface area (Å²) in [6.45, 7) is 8.69. The van der Waals surface area contributed by atoms with Crippen molar-refractivity contribution in [3.05, 3.63) is 0 Å². The van der Waals surface area contributed by atoms with Crippen LogP contribution in [-0.2, 0) is 4.79 Å². The van der Waals surface area contributed by atoms with Crippen molar-refractivity contribution in [1.29, 1.82) is 0 Å². The van der Waals surface area contributed by atoms with Crippen LogP contribution in [0.3, 0.4) is 0 Å². The first-order valence-corrected chi connectivity index (χ1v) is 6.98. The SMILES string of the molecule is CC1C(=O)CC2C[C@]1(C)[C@@H]1[C@H]2CC(C)(C)[C@H]1O. The molecule has 3 rings (SSSR count). The lowest BCUT2D eigenvalue weighted by Gasteiger charge is -2.42. The van der Waals surface area contributed by atoms with Gasteiger partial charge in [0.25, 0.3) is 0 Å². The summed E-state index contributed by atoms with van der Waals surface area (Å²) in [5.41, 5.74) is 0.0905. The molecule has 3 fully saturated rings. The lowest BCUT2D eigenvalue weighted by Crippen LogP contribution is -2.43. The van der Waals surface area contributed by atoms with Crippen LogP contribution in [0.4, 0.5) is 0 Å². The van der Waals surface area contributed by atoms with Gasteiger partial charge >= 0.3 is 0 Å². The Morgan fingerprint density at radius 1 is 1.24 bits per heavy atom. The monoisotopic (exact) mass is 236 g/mol. The molecule has 1 N–H and O–H groups in total. The molecule has 17 heavy (non-hydrogen) atoms. The summed E-state index contributed by atoms with van der Waals surface area (Å²) in [5, 5.41) is 10.6. The minimum atomic E-state index is -0.226. The number of fused-ring (bicyclic) bond motifs is 5. The molecule has 0 radical (unpaired) electrons. The van der Waals surface area contributed by atoms with Crippen LogP contribution in [-0.4, -0.2) is 17.0 Å². The topological polar surface area (TPSA) is 37.3 Å². The average molecular weight is 236 g/mol. The number of rotatable bonds is 0. The summed E-state index contributed by atoms with van der Waals surface area (Å²) >= 11 is 0. The van der Waals surface area contributed by atoms with E-state index in [1.807, 2.05) is 0 Å². The molecule has 3 aliphatic carbocycles. The third-order valence-corrected chi connectivity index (χ3v) is 6.37. The Balaban J connectivity index is 2.04. The molecular weight excluding hydrogens is 212 g/mol. The molecule has 2 unspecified atom stereocenters. The molecule has 3 aliphatic rings. The van der Waals surface area contributed by atoms with Gasteiger partial charge in [0.2, 0.25) is 0 Å². The Morgan fingerprint density at radius 3 is 2.53 bits per heavy atom. The highest BCUT2D eigenvalue weighted by molar-refractivity contribution is 5.83. The molecule has 3 saturated carbocycles. The Bertz CT molecular complexity index is 373. The Labute approximate surface area is 104 Å². The van der Waals surface area contributed by atoms with Crippen molar-refractivity contribution in [2.75, 3.05) is 0 Å². The molecule has 0 spiro atoms. The van der Waals surface area contributed by atoms with E-state index in [0.29, 0.717) is 23.5 Å². The third-order valence-electron chi connectivity index (χ3n) is 6.37. The molecule has 0 aromatic rings. The molecule has 0 heterocycles. The van der Waals surface area contributed by atoms with E-state index in [4.69, 9.17) is 0 Å². The maximum Gasteiger partial charge on any atom is 0.136 e. The van der Waals surface area contributed by atoms with E-state index in [2.05, 4.69) is 27.7 Å². The van der Waals surface area contributed by atoms with Crippen LogP contribution in [0.2, 0.25) is 0 Å². The molecule has 6 atom stereocenters. The van der Waals surface area contributed by atoms with Crippen molar-refractivity contribution in [2.45, 2.75) is 53.1 Å². The molecular formula is C15H24O2. The minimum absolute atomic E-state index is 0.0371. The van der Waals surface area contributed by atoms with Crippen LogP contribution in [0, 0.1) is 34.5 Å². The van der Waals surface area contributed by atoms with E-state index in [1.165, 1.54) is 0 Å². The van der Waals surface area contributed by atoms with Crippen LogP contribution in [0.25, 0.3) is 0 Å². The van der Waals surface area contributed by atoms with Crippen LogP contribution in [0.5, 0.6) is 0 Å². The highest BCUT2D eigenvalue weighted by Crippen LogP contribution is 2.67. The molecule has 0 saturated heterocycles. The number of carbonyl (C=O) groups excluding carboxylic acids is 1. The molecule has 2 bridgehead atoms. The molecule has 2 heteroatoms. The second-order valence-corrected chi connectivity index (χ2v) is 7.69. The second kappa shape index (κ2) is 3.14. The molecule has 2 nitrogen and oxygen atoms in total. The Morgan fingerprint density at radius 2 is 1.88 bits per heavy atom. The summed E-state index contributed by atoms with van der Waals surface area (Å²) in [6, 6.07) is 0. The van der Waals surface area contributed by atoms with Gasteiger partial charge < -0.3 is 5.11 Å². The fraction of sp³-hybridized carbons (Fsp3) is 0.933. The van der Waals surface area contributed by atoms with Crippen molar-refractivity contribution in [1.82, 2.24) is 0 Å². The largest absolute Gasteiger partial charge is 0.392 e. The van der Waals surface area contributed by atoms with Crippen LogP contribution >= 0.6 is 0 Å². The van der Waals surface area contributed by atoms with Crippen LogP contribution in [0.1, 0.15) is 47.0 Å². The highest BCUT2D eigenvalue weighted by atomic mass is 16.3. The number of carbonyl (C=O) groups is 1. The first-order chi connectivity index (χ1) is 7.77. The predicted molar refractivity (Wildman–Crippen MR) is 66.4 cm³/mol. The van der Waals surface area contributed by atoms with Gasteiger partial charge in [0.1, 0.15) is 5.78 Å². The van der Waals surface area contributed by atoms with Crippen molar-refractivity contribution < 1.29 is 9.90 Å². The van der Waals surface area contributed by atoms with Crippen molar-refractivity contribution in [2.24, 2.45) is 34.5 Å². The summed E-state index contributed by atoms with van der Waals surface area (Å²) in [6.07, 6.45) is 2.79. The van der Waals surface area contributed by atoms with Crippen LogP contribution < -0.4 is 0 Å². The molecule has 0 aromatic carbocycles. The normalized spacial score (nSPS) is 56.1. The Kier molecular flexibility index (Phi) is 2.16. The van der Waals surface area contributed by atoms with E-state index in [-0.39, 0.29) is 22.9 Å². The van der Waals surface area contributed by atoms with Gasteiger partial charge in [-0.2, -0.15) is 0 Å². The van der Waals surface area contributed by atoms with Gasteiger partial charge in [0, 0.05) is 12.3 Å². The second-order valence-electron chi connectivity index (χ2n) is 7.69. The minimum Gasteiger partial charge on any atom is -0.392 e. The number of hydrogen-bond donors (Lipinski definition) is 1. The number of aliphatic hydroxyl groups is 1. The molecule has 0 amide bonds. The van der Waals surface area contributed by atoms with E-state index in [0.717, 1.165) is 19.3 Å². The maximum absolute atomic E-state index is 12.1. The van der Waals surface area contributed by atoms with Crippen LogP contribution in [0.15, 0.2) is 0 Å². The first kappa shape index (κ1) is 11.7. The number of aliphatic hydroxyl groups excluding tert-OH is 1. The van der Waals surface area contributed by atoms with Gasteiger partial charge in [0.15, 0.2) is 0 Å².